The largest absolute Gasteiger partial charge is 0.312 e. The third-order valence-electron chi connectivity index (χ3n) is 4.72. The molecule has 1 aromatic carbocycles. The lowest BCUT2D eigenvalue weighted by molar-refractivity contribution is -0.117. The Labute approximate surface area is 143 Å². The maximum Gasteiger partial charge on any atom is 0.227 e. The van der Waals surface area contributed by atoms with E-state index in [0.717, 1.165) is 25.1 Å². The van der Waals surface area contributed by atoms with Crippen molar-refractivity contribution in [2.45, 2.75) is 45.2 Å². The van der Waals surface area contributed by atoms with E-state index in [4.69, 9.17) is 0 Å². The van der Waals surface area contributed by atoms with Gasteiger partial charge in [-0.3, -0.25) is 9.78 Å². The predicted molar refractivity (Wildman–Crippen MR) is 96.8 cm³/mol. The van der Waals surface area contributed by atoms with E-state index < -0.39 is 0 Å². The van der Waals surface area contributed by atoms with Crippen LogP contribution in [0.15, 0.2) is 48.8 Å². The van der Waals surface area contributed by atoms with E-state index in [2.05, 4.69) is 48.4 Å². The van der Waals surface area contributed by atoms with Crippen LogP contribution in [0.2, 0.25) is 0 Å². The molecule has 2 atom stereocenters. The maximum absolute atomic E-state index is 12.0. The minimum absolute atomic E-state index is 0.209. The molecule has 1 aromatic heterocycles. The van der Waals surface area contributed by atoms with Gasteiger partial charge in [0.05, 0.1) is 0 Å². The summed E-state index contributed by atoms with van der Waals surface area (Å²) >= 11 is 0. The van der Waals surface area contributed by atoms with Crippen molar-refractivity contribution in [3.05, 3.63) is 59.9 Å². The molecule has 4 nitrogen and oxygen atoms in total. The van der Waals surface area contributed by atoms with Crippen LogP contribution in [-0.4, -0.2) is 17.4 Å². The van der Waals surface area contributed by atoms with Gasteiger partial charge in [-0.25, -0.2) is 0 Å². The summed E-state index contributed by atoms with van der Waals surface area (Å²) in [6.45, 7) is 5.19. The third-order valence-corrected chi connectivity index (χ3v) is 4.72. The van der Waals surface area contributed by atoms with Crippen LogP contribution in [0.1, 0.15) is 56.3 Å². The maximum atomic E-state index is 12.0. The second kappa shape index (κ2) is 7.58. The fourth-order valence-corrected chi connectivity index (χ4v) is 3.33. The predicted octanol–water partition coefficient (Wildman–Crippen LogP) is 4.01. The Bertz CT molecular complexity index is 686. The van der Waals surface area contributed by atoms with Crippen molar-refractivity contribution in [2.75, 3.05) is 11.4 Å². The van der Waals surface area contributed by atoms with Gasteiger partial charge >= 0.3 is 0 Å². The SMILES string of the molecule is CC[C@H](N[C@H](C)c1cccc(N2CCCC2=O)c1)c1ccncc1. The van der Waals surface area contributed by atoms with Crippen molar-refractivity contribution in [1.82, 2.24) is 10.3 Å². The summed E-state index contributed by atoms with van der Waals surface area (Å²) in [7, 11) is 0. The highest BCUT2D eigenvalue weighted by molar-refractivity contribution is 5.95. The van der Waals surface area contributed by atoms with Crippen molar-refractivity contribution in [2.24, 2.45) is 0 Å². The Balaban J connectivity index is 1.75. The molecule has 1 fully saturated rings. The van der Waals surface area contributed by atoms with E-state index in [0.29, 0.717) is 12.5 Å². The Morgan fingerprint density at radius 3 is 2.67 bits per heavy atom. The highest BCUT2D eigenvalue weighted by atomic mass is 16.2. The molecule has 3 rings (SSSR count). The second-order valence-electron chi connectivity index (χ2n) is 6.37. The lowest BCUT2D eigenvalue weighted by atomic mass is 10.0. The Kier molecular flexibility index (Phi) is 5.26. The second-order valence-corrected chi connectivity index (χ2v) is 6.37. The van der Waals surface area contributed by atoms with Crippen molar-refractivity contribution >= 4 is 11.6 Å². The average molecular weight is 323 g/mol. The van der Waals surface area contributed by atoms with Gasteiger partial charge in [-0.05, 0) is 55.2 Å². The van der Waals surface area contributed by atoms with Crippen LogP contribution < -0.4 is 10.2 Å². The molecule has 1 aliphatic heterocycles. The van der Waals surface area contributed by atoms with Crippen molar-refractivity contribution in [3.63, 3.8) is 0 Å². The first-order valence-corrected chi connectivity index (χ1v) is 8.75. The third kappa shape index (κ3) is 3.65. The summed E-state index contributed by atoms with van der Waals surface area (Å²) in [6, 6.07) is 13.0. The number of carbonyl (C=O) groups excluding carboxylic acids is 1. The normalized spacial score (nSPS) is 17.1. The summed E-state index contributed by atoms with van der Waals surface area (Å²) in [5.74, 6) is 0.232. The lowest BCUT2D eigenvalue weighted by Crippen LogP contribution is -2.26. The summed E-state index contributed by atoms with van der Waals surface area (Å²) in [5.41, 5.74) is 3.48. The molecule has 0 saturated carbocycles. The van der Waals surface area contributed by atoms with E-state index in [1.54, 1.807) is 0 Å². The van der Waals surface area contributed by atoms with E-state index >= 15 is 0 Å². The molecule has 24 heavy (non-hydrogen) atoms. The zero-order chi connectivity index (χ0) is 16.9. The number of benzene rings is 1. The molecule has 0 bridgehead atoms. The van der Waals surface area contributed by atoms with Gasteiger partial charge in [-0.1, -0.05) is 19.1 Å². The topological polar surface area (TPSA) is 45.2 Å². The molecule has 1 saturated heterocycles. The highest BCUT2D eigenvalue weighted by Crippen LogP contribution is 2.27. The van der Waals surface area contributed by atoms with E-state index in [-0.39, 0.29) is 11.9 Å². The molecule has 126 valence electrons. The first-order chi connectivity index (χ1) is 11.7. The molecule has 0 radical (unpaired) electrons. The highest BCUT2D eigenvalue weighted by Gasteiger charge is 2.22. The summed E-state index contributed by atoms with van der Waals surface area (Å²) in [5, 5.41) is 3.70. The lowest BCUT2D eigenvalue weighted by Gasteiger charge is -2.24. The first-order valence-electron chi connectivity index (χ1n) is 8.75. The molecule has 0 aliphatic carbocycles. The van der Waals surface area contributed by atoms with Gasteiger partial charge in [0.25, 0.3) is 0 Å². The molecule has 1 amide bonds. The molecular formula is C20H25N3O. The summed E-state index contributed by atoms with van der Waals surface area (Å²) in [6.07, 6.45) is 6.31. The number of amides is 1. The van der Waals surface area contributed by atoms with Crippen LogP contribution in [0.25, 0.3) is 0 Å². The van der Waals surface area contributed by atoms with Crippen molar-refractivity contribution < 1.29 is 4.79 Å². The molecule has 4 heteroatoms. The number of anilines is 1. The Hall–Kier alpha value is -2.20. The molecular weight excluding hydrogens is 298 g/mol. The molecule has 0 spiro atoms. The monoisotopic (exact) mass is 323 g/mol. The van der Waals surface area contributed by atoms with Gasteiger partial charge in [0.2, 0.25) is 5.91 Å². The quantitative estimate of drug-likeness (QED) is 0.873. The number of hydrogen-bond acceptors (Lipinski definition) is 3. The number of hydrogen-bond donors (Lipinski definition) is 1. The summed E-state index contributed by atoms with van der Waals surface area (Å²) < 4.78 is 0. The van der Waals surface area contributed by atoms with E-state index in [1.807, 2.05) is 29.4 Å². The standard InChI is InChI=1S/C20H25N3O/c1-3-19(16-9-11-21-12-10-16)22-15(2)17-6-4-7-18(14-17)23-13-5-8-20(23)24/h4,6-7,9-12,14-15,19,22H,3,5,8,13H2,1-2H3/t15-,19+/m1/s1. The van der Waals surface area contributed by atoms with Gasteiger partial charge in [0, 0.05) is 43.1 Å². The molecule has 1 aliphatic rings. The number of nitrogens with one attached hydrogen (secondary N) is 1. The molecule has 2 aromatic rings. The van der Waals surface area contributed by atoms with Crippen LogP contribution in [0.5, 0.6) is 0 Å². The van der Waals surface area contributed by atoms with E-state index in [1.165, 1.54) is 11.1 Å². The fourth-order valence-electron chi connectivity index (χ4n) is 3.33. The van der Waals surface area contributed by atoms with Gasteiger partial charge in [0.1, 0.15) is 0 Å². The van der Waals surface area contributed by atoms with Gasteiger partial charge in [0.15, 0.2) is 0 Å². The first kappa shape index (κ1) is 16.7. The van der Waals surface area contributed by atoms with Crippen LogP contribution in [-0.2, 0) is 4.79 Å². The number of pyridine rings is 1. The van der Waals surface area contributed by atoms with Gasteiger partial charge < -0.3 is 10.2 Å². The fraction of sp³-hybridized carbons (Fsp3) is 0.400. The minimum Gasteiger partial charge on any atom is -0.312 e. The number of aromatic nitrogens is 1. The zero-order valence-corrected chi connectivity index (χ0v) is 14.4. The van der Waals surface area contributed by atoms with Crippen molar-refractivity contribution in [1.29, 1.82) is 0 Å². The Morgan fingerprint density at radius 2 is 2.00 bits per heavy atom. The molecule has 0 unspecified atom stereocenters. The smallest absolute Gasteiger partial charge is 0.227 e. The number of nitrogens with zero attached hydrogens (tertiary/aromatic N) is 2. The van der Waals surface area contributed by atoms with E-state index in [9.17, 15) is 4.79 Å². The zero-order valence-electron chi connectivity index (χ0n) is 14.4. The number of rotatable bonds is 6. The minimum atomic E-state index is 0.209. The molecule has 2 heterocycles. The van der Waals surface area contributed by atoms with Crippen molar-refractivity contribution in [3.8, 4) is 0 Å². The molecule has 1 N–H and O–H groups in total. The van der Waals surface area contributed by atoms with Crippen LogP contribution >= 0.6 is 0 Å². The van der Waals surface area contributed by atoms with Gasteiger partial charge in [-0.2, -0.15) is 0 Å². The summed E-state index contributed by atoms with van der Waals surface area (Å²) in [4.78, 5) is 18.0. The van der Waals surface area contributed by atoms with Crippen LogP contribution in [0.4, 0.5) is 5.69 Å². The van der Waals surface area contributed by atoms with Crippen LogP contribution in [0.3, 0.4) is 0 Å². The van der Waals surface area contributed by atoms with Crippen LogP contribution in [0, 0.1) is 0 Å². The average Bonchev–Trinajstić information content (AvgIpc) is 3.06. The van der Waals surface area contributed by atoms with Gasteiger partial charge in [-0.15, -0.1) is 0 Å². The Morgan fingerprint density at radius 1 is 1.21 bits per heavy atom. The number of carbonyl (C=O) groups is 1.